The van der Waals surface area contributed by atoms with Crippen LogP contribution in [-0.2, 0) is 0 Å². The molecule has 1 amide bonds. The molecule has 3 rings (SSSR count). The number of rotatable bonds is 4. The maximum Gasteiger partial charge on any atom is 0.273 e. The van der Waals surface area contributed by atoms with Crippen LogP contribution in [0.2, 0.25) is 0 Å². The average molecular weight is 333 g/mol. The predicted molar refractivity (Wildman–Crippen MR) is 90.8 cm³/mol. The van der Waals surface area contributed by atoms with E-state index in [9.17, 15) is 4.79 Å². The Morgan fingerprint density at radius 2 is 2.17 bits per heavy atom. The lowest BCUT2D eigenvalue weighted by Crippen LogP contribution is -2.29. The van der Waals surface area contributed by atoms with E-state index in [0.29, 0.717) is 11.7 Å². The topological polar surface area (TPSA) is 71.8 Å². The Morgan fingerprint density at radius 3 is 2.83 bits per heavy atom. The van der Waals surface area contributed by atoms with Crippen LogP contribution in [0.1, 0.15) is 57.7 Å². The minimum absolute atomic E-state index is 0.0310. The van der Waals surface area contributed by atoms with Gasteiger partial charge in [0.1, 0.15) is 0 Å². The first kappa shape index (κ1) is 16.1. The van der Waals surface area contributed by atoms with Crippen molar-refractivity contribution in [2.45, 2.75) is 45.7 Å². The van der Waals surface area contributed by atoms with Gasteiger partial charge in [-0.1, -0.05) is 5.21 Å². The molecule has 6 nitrogen and oxygen atoms in total. The third-order valence-corrected chi connectivity index (χ3v) is 5.30. The fraction of sp³-hybridized carbons (Fsp3) is 0.562. The molecular formula is C16H23N5OS. The first-order chi connectivity index (χ1) is 11.0. The number of carbonyl (C=O) groups excluding carboxylic acids is 1. The largest absolute Gasteiger partial charge is 0.344 e. The lowest BCUT2D eigenvalue weighted by Gasteiger charge is -2.22. The number of hydrogen-bond acceptors (Lipinski definition) is 5. The molecule has 1 atom stereocenters. The molecule has 1 aliphatic heterocycles. The van der Waals surface area contributed by atoms with Crippen LogP contribution < -0.4 is 10.6 Å². The standard InChI is InChI=1S/C16H23N5OS/c1-10-8-14(12(3)23-10)11(2)18-16(22)15-9-21(20-19-15)13-4-6-17-7-5-13/h8-9,11,13,17H,4-7H2,1-3H3,(H,18,22). The Morgan fingerprint density at radius 1 is 1.43 bits per heavy atom. The molecular weight excluding hydrogens is 310 g/mol. The van der Waals surface area contributed by atoms with E-state index in [1.165, 1.54) is 15.3 Å². The Balaban J connectivity index is 1.66. The van der Waals surface area contributed by atoms with Gasteiger partial charge in [0.25, 0.3) is 5.91 Å². The highest BCUT2D eigenvalue weighted by Crippen LogP contribution is 2.26. The Hall–Kier alpha value is -1.73. The highest BCUT2D eigenvalue weighted by atomic mass is 32.1. The van der Waals surface area contributed by atoms with Crippen molar-refractivity contribution < 1.29 is 4.79 Å². The Labute approximate surface area is 140 Å². The second kappa shape index (κ2) is 6.80. The zero-order valence-electron chi connectivity index (χ0n) is 13.8. The van der Waals surface area contributed by atoms with Gasteiger partial charge in [-0.25, -0.2) is 4.68 Å². The van der Waals surface area contributed by atoms with Crippen LogP contribution >= 0.6 is 11.3 Å². The molecule has 2 N–H and O–H groups in total. The van der Waals surface area contributed by atoms with Crippen LogP contribution in [0.25, 0.3) is 0 Å². The highest BCUT2D eigenvalue weighted by Gasteiger charge is 2.20. The fourth-order valence-corrected chi connectivity index (χ4v) is 4.08. The summed E-state index contributed by atoms with van der Waals surface area (Å²) in [7, 11) is 0. The smallest absolute Gasteiger partial charge is 0.273 e. The van der Waals surface area contributed by atoms with Crippen molar-refractivity contribution >= 4 is 17.2 Å². The van der Waals surface area contributed by atoms with Crippen molar-refractivity contribution in [1.82, 2.24) is 25.6 Å². The molecule has 0 radical (unpaired) electrons. The van der Waals surface area contributed by atoms with Gasteiger partial charge in [-0.2, -0.15) is 0 Å². The van der Waals surface area contributed by atoms with E-state index in [1.807, 2.05) is 11.6 Å². The molecule has 0 bridgehead atoms. The zero-order valence-corrected chi connectivity index (χ0v) is 14.6. The molecule has 1 aliphatic rings. The van der Waals surface area contributed by atoms with E-state index in [-0.39, 0.29) is 11.9 Å². The van der Waals surface area contributed by atoms with Crippen LogP contribution in [0, 0.1) is 13.8 Å². The van der Waals surface area contributed by atoms with Crippen molar-refractivity contribution in [3.05, 3.63) is 33.3 Å². The summed E-state index contributed by atoms with van der Waals surface area (Å²) in [5.41, 5.74) is 1.56. The molecule has 2 aromatic heterocycles. The number of aromatic nitrogens is 3. The summed E-state index contributed by atoms with van der Waals surface area (Å²) in [6, 6.07) is 2.44. The number of nitrogens with one attached hydrogen (secondary N) is 2. The molecule has 0 aromatic carbocycles. The third kappa shape index (κ3) is 3.61. The van der Waals surface area contributed by atoms with Crippen LogP contribution in [-0.4, -0.2) is 34.0 Å². The summed E-state index contributed by atoms with van der Waals surface area (Å²) in [6.07, 6.45) is 3.81. The molecule has 0 spiro atoms. The fourth-order valence-electron chi connectivity index (χ4n) is 3.06. The molecule has 0 saturated carbocycles. The Kier molecular flexibility index (Phi) is 4.77. The number of nitrogens with zero attached hydrogens (tertiary/aromatic N) is 3. The first-order valence-corrected chi connectivity index (χ1v) is 8.86. The van der Waals surface area contributed by atoms with Crippen LogP contribution in [0.3, 0.4) is 0 Å². The third-order valence-electron chi connectivity index (χ3n) is 4.32. The monoisotopic (exact) mass is 333 g/mol. The molecule has 1 saturated heterocycles. The number of thiophene rings is 1. The van der Waals surface area contributed by atoms with E-state index in [4.69, 9.17) is 0 Å². The maximum absolute atomic E-state index is 12.4. The second-order valence-electron chi connectivity index (χ2n) is 6.13. The second-order valence-corrected chi connectivity index (χ2v) is 7.59. The average Bonchev–Trinajstić information content (AvgIpc) is 3.15. The molecule has 124 valence electrons. The SMILES string of the molecule is Cc1cc(C(C)NC(=O)c2cn(C3CCNCC3)nn2)c(C)s1. The number of piperidine rings is 1. The van der Waals surface area contributed by atoms with E-state index in [1.54, 1.807) is 17.5 Å². The minimum atomic E-state index is -0.166. The van der Waals surface area contributed by atoms with Gasteiger partial charge in [-0.05, 0) is 58.3 Å². The van der Waals surface area contributed by atoms with Crippen molar-refractivity contribution in [1.29, 1.82) is 0 Å². The van der Waals surface area contributed by atoms with Crippen molar-refractivity contribution in [3.63, 3.8) is 0 Å². The van der Waals surface area contributed by atoms with E-state index < -0.39 is 0 Å². The summed E-state index contributed by atoms with van der Waals surface area (Å²) in [4.78, 5) is 14.9. The summed E-state index contributed by atoms with van der Waals surface area (Å²) < 4.78 is 1.83. The highest BCUT2D eigenvalue weighted by molar-refractivity contribution is 7.12. The summed E-state index contributed by atoms with van der Waals surface area (Å²) in [6.45, 7) is 8.15. The lowest BCUT2D eigenvalue weighted by atomic mass is 10.1. The molecule has 1 fully saturated rings. The summed E-state index contributed by atoms with van der Waals surface area (Å²) >= 11 is 1.75. The van der Waals surface area contributed by atoms with Crippen molar-refractivity contribution in [3.8, 4) is 0 Å². The van der Waals surface area contributed by atoms with E-state index in [2.05, 4.69) is 40.9 Å². The van der Waals surface area contributed by atoms with Gasteiger partial charge >= 0.3 is 0 Å². The summed E-state index contributed by atoms with van der Waals surface area (Å²) in [5, 5.41) is 14.5. The molecule has 1 unspecified atom stereocenters. The van der Waals surface area contributed by atoms with Crippen LogP contribution in [0.4, 0.5) is 0 Å². The van der Waals surface area contributed by atoms with Gasteiger partial charge in [-0.3, -0.25) is 4.79 Å². The van der Waals surface area contributed by atoms with Gasteiger partial charge in [-0.15, -0.1) is 16.4 Å². The minimum Gasteiger partial charge on any atom is -0.344 e. The normalized spacial score (nSPS) is 17.2. The molecule has 2 aromatic rings. The molecule has 23 heavy (non-hydrogen) atoms. The number of hydrogen-bond donors (Lipinski definition) is 2. The van der Waals surface area contributed by atoms with Gasteiger partial charge in [0.05, 0.1) is 18.3 Å². The number of carbonyl (C=O) groups is 1. The quantitative estimate of drug-likeness (QED) is 0.901. The van der Waals surface area contributed by atoms with Crippen LogP contribution in [0.15, 0.2) is 12.3 Å². The van der Waals surface area contributed by atoms with Crippen molar-refractivity contribution in [2.24, 2.45) is 0 Å². The maximum atomic E-state index is 12.4. The van der Waals surface area contributed by atoms with Gasteiger partial charge in [0, 0.05) is 9.75 Å². The molecule has 3 heterocycles. The van der Waals surface area contributed by atoms with Crippen LogP contribution in [0.5, 0.6) is 0 Å². The van der Waals surface area contributed by atoms with Crippen molar-refractivity contribution in [2.75, 3.05) is 13.1 Å². The van der Waals surface area contributed by atoms with E-state index in [0.717, 1.165) is 25.9 Å². The predicted octanol–water partition coefficient (Wildman–Crippen LogP) is 2.37. The molecule has 0 aliphatic carbocycles. The number of aryl methyl sites for hydroxylation is 2. The lowest BCUT2D eigenvalue weighted by molar-refractivity contribution is 0.0934. The summed E-state index contributed by atoms with van der Waals surface area (Å²) in [5.74, 6) is -0.166. The Bertz CT molecular complexity index is 686. The van der Waals surface area contributed by atoms with Gasteiger partial charge < -0.3 is 10.6 Å². The zero-order chi connectivity index (χ0) is 16.4. The van der Waals surface area contributed by atoms with Gasteiger partial charge in [0.2, 0.25) is 0 Å². The van der Waals surface area contributed by atoms with Gasteiger partial charge in [0.15, 0.2) is 5.69 Å². The number of amides is 1. The molecule has 7 heteroatoms. The van der Waals surface area contributed by atoms with E-state index >= 15 is 0 Å². The first-order valence-electron chi connectivity index (χ1n) is 8.05.